The van der Waals surface area contributed by atoms with Crippen molar-refractivity contribution in [2.75, 3.05) is 31.5 Å². The highest BCUT2D eigenvalue weighted by Crippen LogP contribution is 2.62. The number of hydrogen-bond donors (Lipinski definition) is 2. The van der Waals surface area contributed by atoms with Gasteiger partial charge in [-0.1, -0.05) is 34.1 Å². The van der Waals surface area contributed by atoms with Gasteiger partial charge < -0.3 is 15.3 Å². The normalized spacial score (nSPS) is 28.1. The molecule has 2 saturated carbocycles. The SMILES string of the molecule is N#Cc1cccc([C@]23CC[C@@H](N(CCN4CC[C@@H](O)C4)C(=O)Nc4cccc(Br)c4)CC2C3)c1. The van der Waals surface area contributed by atoms with E-state index in [1.807, 2.05) is 41.3 Å². The average Bonchev–Trinajstić information content (AvgIpc) is 3.44. The third kappa shape index (κ3) is 4.86. The van der Waals surface area contributed by atoms with Crippen molar-refractivity contribution in [2.24, 2.45) is 5.92 Å². The molecule has 7 heteroatoms. The number of amides is 2. The number of nitrogens with one attached hydrogen (secondary N) is 1. The number of rotatable bonds is 6. The van der Waals surface area contributed by atoms with Crippen molar-refractivity contribution in [1.82, 2.24) is 9.80 Å². The zero-order valence-electron chi connectivity index (χ0n) is 19.3. The highest BCUT2D eigenvalue weighted by Gasteiger charge is 2.58. The number of aliphatic hydroxyl groups is 1. The van der Waals surface area contributed by atoms with E-state index in [0.717, 1.165) is 60.9 Å². The van der Waals surface area contributed by atoms with Gasteiger partial charge in [0.1, 0.15) is 0 Å². The number of likely N-dealkylation sites (tertiary alicyclic amines) is 1. The maximum Gasteiger partial charge on any atom is 0.322 e. The van der Waals surface area contributed by atoms with Crippen LogP contribution in [0.1, 0.15) is 43.2 Å². The molecule has 2 aliphatic carbocycles. The molecule has 6 nitrogen and oxygen atoms in total. The van der Waals surface area contributed by atoms with Crippen molar-refractivity contribution < 1.29 is 9.90 Å². The van der Waals surface area contributed by atoms with Crippen LogP contribution in [0.3, 0.4) is 0 Å². The van der Waals surface area contributed by atoms with Crippen molar-refractivity contribution in [3.05, 3.63) is 64.1 Å². The number of benzene rings is 2. The summed E-state index contributed by atoms with van der Waals surface area (Å²) in [6.07, 6.45) is 4.68. The molecule has 2 aromatic carbocycles. The van der Waals surface area contributed by atoms with Crippen LogP contribution in [0.2, 0.25) is 0 Å². The molecule has 4 atom stereocenters. The molecule has 0 aromatic heterocycles. The van der Waals surface area contributed by atoms with Gasteiger partial charge in [-0.3, -0.25) is 4.90 Å². The van der Waals surface area contributed by atoms with Crippen molar-refractivity contribution in [3.63, 3.8) is 0 Å². The third-order valence-electron chi connectivity index (χ3n) is 7.96. The molecule has 1 heterocycles. The lowest BCUT2D eigenvalue weighted by Crippen LogP contribution is -2.48. The molecule has 2 amide bonds. The lowest BCUT2D eigenvalue weighted by Gasteiger charge is -2.37. The van der Waals surface area contributed by atoms with Crippen LogP contribution in [0.25, 0.3) is 0 Å². The molecule has 178 valence electrons. The summed E-state index contributed by atoms with van der Waals surface area (Å²) in [7, 11) is 0. The molecule has 5 rings (SSSR count). The van der Waals surface area contributed by atoms with Gasteiger partial charge in [0, 0.05) is 42.4 Å². The molecule has 3 aliphatic rings. The van der Waals surface area contributed by atoms with Gasteiger partial charge in [-0.25, -0.2) is 4.79 Å². The van der Waals surface area contributed by atoms with Crippen molar-refractivity contribution >= 4 is 27.6 Å². The number of aliphatic hydroxyl groups excluding tert-OH is 1. The number of hydrogen-bond acceptors (Lipinski definition) is 4. The topological polar surface area (TPSA) is 79.6 Å². The van der Waals surface area contributed by atoms with E-state index >= 15 is 0 Å². The number of anilines is 1. The maximum absolute atomic E-state index is 13.4. The largest absolute Gasteiger partial charge is 0.392 e. The summed E-state index contributed by atoms with van der Waals surface area (Å²) in [6.45, 7) is 3.00. The fourth-order valence-electron chi connectivity index (χ4n) is 6.02. The second-order valence-corrected chi connectivity index (χ2v) is 11.0. The van der Waals surface area contributed by atoms with E-state index in [1.54, 1.807) is 0 Å². The number of β-amino-alcohol motifs (C(OH)–C–C–N with tert-alkyl or cyclic N) is 1. The number of halogens is 1. The van der Waals surface area contributed by atoms with Gasteiger partial charge in [0.25, 0.3) is 0 Å². The Hall–Kier alpha value is -2.40. The lowest BCUT2D eigenvalue weighted by molar-refractivity contribution is 0.142. The zero-order chi connectivity index (χ0) is 23.7. The molecule has 2 N–H and O–H groups in total. The van der Waals surface area contributed by atoms with E-state index in [0.29, 0.717) is 19.0 Å². The van der Waals surface area contributed by atoms with Crippen molar-refractivity contribution in [1.29, 1.82) is 5.26 Å². The quantitative estimate of drug-likeness (QED) is 0.574. The highest BCUT2D eigenvalue weighted by atomic mass is 79.9. The van der Waals surface area contributed by atoms with Gasteiger partial charge in [-0.05, 0) is 79.3 Å². The predicted octanol–water partition coefficient (Wildman–Crippen LogP) is 4.73. The van der Waals surface area contributed by atoms with E-state index in [4.69, 9.17) is 0 Å². The first-order valence-electron chi connectivity index (χ1n) is 12.2. The number of carbonyl (C=O) groups is 1. The summed E-state index contributed by atoms with van der Waals surface area (Å²) in [5, 5.41) is 22.3. The summed E-state index contributed by atoms with van der Waals surface area (Å²) in [4.78, 5) is 17.7. The van der Waals surface area contributed by atoms with Gasteiger partial charge in [0.05, 0.1) is 17.7 Å². The lowest BCUT2D eigenvalue weighted by atomic mass is 9.80. The first-order valence-corrected chi connectivity index (χ1v) is 13.0. The van der Waals surface area contributed by atoms with E-state index in [1.165, 1.54) is 5.56 Å². The van der Waals surface area contributed by atoms with Gasteiger partial charge in [-0.2, -0.15) is 5.26 Å². The van der Waals surface area contributed by atoms with Crippen LogP contribution in [0.5, 0.6) is 0 Å². The molecule has 1 saturated heterocycles. The number of urea groups is 1. The molecular weight excluding hydrogens is 492 g/mol. The number of fused-ring (bicyclic) bond motifs is 1. The Morgan fingerprint density at radius 3 is 2.85 bits per heavy atom. The average molecular weight is 523 g/mol. The van der Waals surface area contributed by atoms with Crippen molar-refractivity contribution in [3.8, 4) is 6.07 Å². The summed E-state index contributed by atoms with van der Waals surface area (Å²) in [6, 6.07) is 18.2. The predicted molar refractivity (Wildman–Crippen MR) is 136 cm³/mol. The van der Waals surface area contributed by atoms with E-state index in [9.17, 15) is 15.2 Å². The second kappa shape index (κ2) is 9.69. The summed E-state index contributed by atoms with van der Waals surface area (Å²) < 4.78 is 0.933. The van der Waals surface area contributed by atoms with Gasteiger partial charge in [-0.15, -0.1) is 0 Å². The highest BCUT2D eigenvalue weighted by molar-refractivity contribution is 9.10. The molecule has 1 unspecified atom stereocenters. The van der Waals surface area contributed by atoms with Gasteiger partial charge in [0.15, 0.2) is 0 Å². The Balaban J connectivity index is 1.29. The van der Waals surface area contributed by atoms with Gasteiger partial charge >= 0.3 is 6.03 Å². The van der Waals surface area contributed by atoms with Crippen LogP contribution >= 0.6 is 15.9 Å². The summed E-state index contributed by atoms with van der Waals surface area (Å²) in [5.74, 6) is 0.551. The molecule has 1 aliphatic heterocycles. The zero-order valence-corrected chi connectivity index (χ0v) is 20.9. The van der Waals surface area contributed by atoms with E-state index in [-0.39, 0.29) is 23.6 Å². The number of nitrogens with zero attached hydrogens (tertiary/aromatic N) is 3. The minimum atomic E-state index is -0.255. The minimum absolute atomic E-state index is 0.0533. The summed E-state index contributed by atoms with van der Waals surface area (Å²) in [5.41, 5.74) is 2.97. The van der Waals surface area contributed by atoms with Crippen LogP contribution in [0, 0.1) is 17.2 Å². The monoisotopic (exact) mass is 522 g/mol. The fourth-order valence-corrected chi connectivity index (χ4v) is 6.42. The van der Waals surface area contributed by atoms with Crippen molar-refractivity contribution in [2.45, 2.75) is 49.7 Å². The van der Waals surface area contributed by atoms with Crippen LogP contribution in [0.4, 0.5) is 10.5 Å². The Morgan fingerprint density at radius 2 is 2.12 bits per heavy atom. The first-order chi connectivity index (χ1) is 16.5. The van der Waals surface area contributed by atoms with Crippen LogP contribution < -0.4 is 5.32 Å². The number of carbonyl (C=O) groups excluding carboxylic acids is 1. The first kappa shape index (κ1) is 23.3. The third-order valence-corrected chi connectivity index (χ3v) is 8.45. The fraction of sp³-hybridized carbons (Fsp3) is 0.481. The minimum Gasteiger partial charge on any atom is -0.392 e. The Kier molecular flexibility index (Phi) is 6.65. The second-order valence-electron chi connectivity index (χ2n) is 10.1. The Labute approximate surface area is 209 Å². The molecule has 0 radical (unpaired) electrons. The molecule has 0 bridgehead atoms. The Morgan fingerprint density at radius 1 is 1.26 bits per heavy atom. The summed E-state index contributed by atoms with van der Waals surface area (Å²) >= 11 is 3.48. The smallest absolute Gasteiger partial charge is 0.322 e. The standard InChI is InChI=1S/C27H31BrN4O2/c28-22-5-2-6-23(15-22)30-26(34)32(12-11-31-10-8-25(33)18-31)24-7-9-27(16-21(27)14-24)20-4-1-3-19(13-20)17-29/h1-6,13,15,21,24-25,33H,7-12,14,16,18H2,(H,30,34)/t21?,24-,25-,27-/m1/s1. The van der Waals surface area contributed by atoms with Crippen LogP contribution in [-0.2, 0) is 5.41 Å². The van der Waals surface area contributed by atoms with Crippen LogP contribution in [-0.4, -0.2) is 59.3 Å². The Bertz CT molecular complexity index is 1100. The maximum atomic E-state index is 13.4. The van der Waals surface area contributed by atoms with E-state index in [2.05, 4.69) is 44.3 Å². The van der Waals surface area contributed by atoms with Crippen LogP contribution in [0.15, 0.2) is 53.0 Å². The molecule has 2 aromatic rings. The molecular formula is C27H31BrN4O2. The van der Waals surface area contributed by atoms with Gasteiger partial charge in [0.2, 0.25) is 0 Å². The van der Waals surface area contributed by atoms with E-state index < -0.39 is 0 Å². The number of nitriles is 1. The molecule has 3 fully saturated rings. The molecule has 34 heavy (non-hydrogen) atoms. The molecule has 0 spiro atoms.